The maximum absolute atomic E-state index is 11.9. The van der Waals surface area contributed by atoms with Crippen molar-refractivity contribution in [1.29, 1.82) is 0 Å². The number of aromatic nitrogens is 2. The molecule has 0 atom stereocenters. The Balaban J connectivity index is 2.04. The Kier molecular flexibility index (Phi) is 4.39. The zero-order valence-corrected chi connectivity index (χ0v) is 12.5. The van der Waals surface area contributed by atoms with Gasteiger partial charge in [-0.1, -0.05) is 0 Å². The molecule has 0 aromatic carbocycles. The lowest BCUT2D eigenvalue weighted by Crippen LogP contribution is -2.30. The molecule has 2 aromatic rings. The fraction of sp³-hybridized carbons (Fsp3) is 0.308. The molecule has 2 rings (SSSR count). The molecule has 0 aliphatic rings. The monoisotopic (exact) mass is 339 g/mol. The van der Waals surface area contributed by atoms with Crippen molar-refractivity contribution in [3.8, 4) is 0 Å². The number of halogens is 1. The van der Waals surface area contributed by atoms with E-state index in [0.717, 1.165) is 10.1 Å². The lowest BCUT2D eigenvalue weighted by Gasteiger charge is -2.14. The van der Waals surface area contributed by atoms with E-state index in [4.69, 9.17) is 5.11 Å². The van der Waals surface area contributed by atoms with Gasteiger partial charge in [-0.25, -0.2) is 4.98 Å². The van der Waals surface area contributed by atoms with E-state index in [-0.39, 0.29) is 25.3 Å². The smallest absolute Gasteiger partial charge is 0.305 e. The highest BCUT2D eigenvalue weighted by molar-refractivity contribution is 9.10. The van der Waals surface area contributed by atoms with Gasteiger partial charge >= 0.3 is 5.97 Å². The molecule has 2 heterocycles. The summed E-state index contributed by atoms with van der Waals surface area (Å²) in [5.74, 6) is -1.06. The number of aliphatic carboxylic acids is 1. The number of carboxylic acids is 1. The summed E-state index contributed by atoms with van der Waals surface area (Å²) < 4.78 is 2.77. The Bertz CT molecular complexity index is 653. The molecule has 1 amide bonds. The highest BCUT2D eigenvalue weighted by Gasteiger charge is 2.13. The second kappa shape index (κ2) is 6.04. The summed E-state index contributed by atoms with van der Waals surface area (Å²) in [6.45, 7) is 0.201. The van der Waals surface area contributed by atoms with Crippen molar-refractivity contribution in [2.45, 2.75) is 12.8 Å². The SMILES string of the molecule is CN(CCC(=O)O)C(=O)Cc1cn2cc(Br)ccc2n1. The van der Waals surface area contributed by atoms with Crippen LogP contribution >= 0.6 is 15.9 Å². The van der Waals surface area contributed by atoms with Crippen molar-refractivity contribution in [1.82, 2.24) is 14.3 Å². The second-order valence-electron chi connectivity index (χ2n) is 4.48. The van der Waals surface area contributed by atoms with Gasteiger partial charge < -0.3 is 14.4 Å². The third-order valence-electron chi connectivity index (χ3n) is 2.88. The van der Waals surface area contributed by atoms with E-state index in [1.54, 1.807) is 13.2 Å². The fourth-order valence-corrected chi connectivity index (χ4v) is 2.13. The molecule has 0 spiro atoms. The number of imidazole rings is 1. The van der Waals surface area contributed by atoms with Crippen molar-refractivity contribution in [3.63, 3.8) is 0 Å². The maximum atomic E-state index is 11.9. The van der Waals surface area contributed by atoms with Crippen LogP contribution in [0.2, 0.25) is 0 Å². The third-order valence-corrected chi connectivity index (χ3v) is 3.35. The van der Waals surface area contributed by atoms with Crippen LogP contribution in [-0.4, -0.2) is 44.9 Å². The van der Waals surface area contributed by atoms with E-state index < -0.39 is 5.97 Å². The predicted molar refractivity (Wildman–Crippen MR) is 76.5 cm³/mol. The van der Waals surface area contributed by atoms with Crippen LogP contribution in [-0.2, 0) is 16.0 Å². The highest BCUT2D eigenvalue weighted by atomic mass is 79.9. The van der Waals surface area contributed by atoms with Crippen LogP contribution in [0.5, 0.6) is 0 Å². The normalized spacial score (nSPS) is 10.7. The molecule has 0 unspecified atom stereocenters. The van der Waals surface area contributed by atoms with Gasteiger partial charge in [-0.3, -0.25) is 9.59 Å². The van der Waals surface area contributed by atoms with Crippen LogP contribution in [0, 0.1) is 0 Å². The van der Waals surface area contributed by atoms with Gasteiger partial charge in [0.1, 0.15) is 5.65 Å². The van der Waals surface area contributed by atoms with Gasteiger partial charge in [0, 0.05) is 30.5 Å². The second-order valence-corrected chi connectivity index (χ2v) is 5.40. The van der Waals surface area contributed by atoms with Gasteiger partial charge in [0.15, 0.2) is 0 Å². The van der Waals surface area contributed by atoms with Gasteiger partial charge in [-0.05, 0) is 28.1 Å². The summed E-state index contributed by atoms with van der Waals surface area (Å²) in [5, 5.41) is 8.60. The van der Waals surface area contributed by atoms with E-state index in [1.807, 2.05) is 22.7 Å². The van der Waals surface area contributed by atoms with Gasteiger partial charge in [-0.15, -0.1) is 0 Å². The van der Waals surface area contributed by atoms with Crippen molar-refractivity contribution in [2.75, 3.05) is 13.6 Å². The molecule has 0 aliphatic heterocycles. The number of nitrogens with zero attached hydrogens (tertiary/aromatic N) is 3. The molecule has 1 N–H and O–H groups in total. The number of carboxylic acid groups (broad SMARTS) is 1. The number of likely N-dealkylation sites (N-methyl/N-ethyl adjacent to an activating group) is 1. The molecule has 0 fully saturated rings. The minimum Gasteiger partial charge on any atom is -0.481 e. The average Bonchev–Trinajstić information content (AvgIpc) is 2.76. The number of rotatable bonds is 5. The first-order valence-electron chi connectivity index (χ1n) is 6.04. The molecule has 0 saturated heterocycles. The van der Waals surface area contributed by atoms with E-state index in [2.05, 4.69) is 20.9 Å². The summed E-state index contributed by atoms with van der Waals surface area (Å²) in [6.07, 6.45) is 3.77. The molecule has 0 radical (unpaired) electrons. The molecule has 2 aromatic heterocycles. The number of hydrogen-bond donors (Lipinski definition) is 1. The van der Waals surface area contributed by atoms with Crippen molar-refractivity contribution in [3.05, 3.63) is 34.7 Å². The van der Waals surface area contributed by atoms with E-state index in [0.29, 0.717) is 5.69 Å². The molecule has 20 heavy (non-hydrogen) atoms. The summed E-state index contributed by atoms with van der Waals surface area (Å²) in [6, 6.07) is 3.74. The Morgan fingerprint density at radius 1 is 1.40 bits per heavy atom. The van der Waals surface area contributed by atoms with Crippen LogP contribution in [0.1, 0.15) is 12.1 Å². The highest BCUT2D eigenvalue weighted by Crippen LogP contribution is 2.13. The Labute approximate surface area is 124 Å². The van der Waals surface area contributed by atoms with Crippen molar-refractivity contribution < 1.29 is 14.7 Å². The molecular formula is C13H14BrN3O3. The molecule has 0 bridgehead atoms. The van der Waals surface area contributed by atoms with Gasteiger partial charge in [-0.2, -0.15) is 0 Å². The zero-order valence-electron chi connectivity index (χ0n) is 10.9. The van der Waals surface area contributed by atoms with Crippen LogP contribution in [0.3, 0.4) is 0 Å². The van der Waals surface area contributed by atoms with Crippen LogP contribution in [0.15, 0.2) is 29.0 Å². The summed E-state index contributed by atoms with van der Waals surface area (Å²) in [7, 11) is 1.59. The molecular weight excluding hydrogens is 326 g/mol. The Morgan fingerprint density at radius 3 is 2.85 bits per heavy atom. The van der Waals surface area contributed by atoms with Gasteiger partial charge in [0.2, 0.25) is 5.91 Å². The van der Waals surface area contributed by atoms with E-state index in [9.17, 15) is 9.59 Å². The number of carbonyl (C=O) groups excluding carboxylic acids is 1. The standard InChI is InChI=1S/C13H14BrN3O3/c1-16(5-4-13(19)20)12(18)6-10-8-17-7-9(14)2-3-11(17)15-10/h2-3,7-8H,4-6H2,1H3,(H,19,20). The largest absolute Gasteiger partial charge is 0.481 e. The number of pyridine rings is 1. The number of fused-ring (bicyclic) bond motifs is 1. The molecule has 106 valence electrons. The number of hydrogen-bond acceptors (Lipinski definition) is 3. The summed E-state index contributed by atoms with van der Waals surface area (Å²) in [5.41, 5.74) is 1.43. The third kappa shape index (κ3) is 3.57. The van der Waals surface area contributed by atoms with Crippen molar-refractivity contribution >= 4 is 33.5 Å². The lowest BCUT2D eigenvalue weighted by atomic mass is 10.3. The van der Waals surface area contributed by atoms with Crippen LogP contribution < -0.4 is 0 Å². The van der Waals surface area contributed by atoms with E-state index >= 15 is 0 Å². The minimum absolute atomic E-state index is 0.0552. The predicted octanol–water partition coefficient (Wildman–Crippen LogP) is 1.57. The van der Waals surface area contributed by atoms with Crippen molar-refractivity contribution in [2.24, 2.45) is 0 Å². The van der Waals surface area contributed by atoms with E-state index in [1.165, 1.54) is 4.90 Å². The quantitative estimate of drug-likeness (QED) is 0.897. The lowest BCUT2D eigenvalue weighted by molar-refractivity contribution is -0.138. The fourth-order valence-electron chi connectivity index (χ4n) is 1.78. The number of amides is 1. The topological polar surface area (TPSA) is 74.9 Å². The molecule has 0 aliphatic carbocycles. The Hall–Kier alpha value is -1.89. The van der Waals surface area contributed by atoms with Gasteiger partial charge in [0.25, 0.3) is 0 Å². The molecule has 7 heteroatoms. The first-order valence-corrected chi connectivity index (χ1v) is 6.84. The zero-order chi connectivity index (χ0) is 14.7. The average molecular weight is 340 g/mol. The van der Waals surface area contributed by atoms with Crippen LogP contribution in [0.25, 0.3) is 5.65 Å². The first-order chi connectivity index (χ1) is 9.45. The maximum Gasteiger partial charge on any atom is 0.305 e. The number of carbonyl (C=O) groups is 2. The summed E-state index contributed by atoms with van der Waals surface area (Å²) in [4.78, 5) is 28.2. The Morgan fingerprint density at radius 2 is 2.15 bits per heavy atom. The minimum atomic E-state index is -0.915. The first kappa shape index (κ1) is 14.5. The molecule has 0 saturated carbocycles. The molecule has 6 nitrogen and oxygen atoms in total. The van der Waals surface area contributed by atoms with Crippen LogP contribution in [0.4, 0.5) is 0 Å². The summed E-state index contributed by atoms with van der Waals surface area (Å²) >= 11 is 3.37. The van der Waals surface area contributed by atoms with Gasteiger partial charge in [0.05, 0.1) is 18.5 Å².